The van der Waals surface area contributed by atoms with E-state index in [1.54, 1.807) is 0 Å². The van der Waals surface area contributed by atoms with Crippen molar-refractivity contribution in [1.29, 1.82) is 0 Å². The van der Waals surface area contributed by atoms with Crippen molar-refractivity contribution in [2.24, 2.45) is 0 Å². The normalized spacial score (nSPS) is 12.3. The first-order valence-corrected chi connectivity index (χ1v) is 26.4. The third kappa shape index (κ3) is 48.9. The minimum atomic E-state index is -0.775. The van der Waals surface area contributed by atoms with Crippen molar-refractivity contribution in [2.75, 3.05) is 13.2 Å². The first-order valence-electron chi connectivity index (χ1n) is 26.4. The van der Waals surface area contributed by atoms with Crippen molar-refractivity contribution < 1.29 is 24.2 Å². The lowest BCUT2D eigenvalue weighted by Gasteiger charge is -2.15. The second-order valence-electron chi connectivity index (χ2n) is 18.0. The highest BCUT2D eigenvalue weighted by Crippen LogP contribution is 2.17. The van der Waals surface area contributed by atoms with Gasteiger partial charge in [0.25, 0.3) is 0 Å². The number of rotatable bonds is 49. The molecule has 0 aliphatic heterocycles. The van der Waals surface area contributed by atoms with E-state index < -0.39 is 6.10 Å². The lowest BCUT2D eigenvalue weighted by atomic mass is 10.0. The molecule has 0 heterocycles. The zero-order valence-electron chi connectivity index (χ0n) is 39.8. The molecule has 0 spiro atoms. The Hall–Kier alpha value is -1.62. The van der Waals surface area contributed by atoms with Crippen LogP contribution in [0.2, 0.25) is 0 Å². The van der Waals surface area contributed by atoms with Crippen molar-refractivity contribution in [3.63, 3.8) is 0 Å². The lowest BCUT2D eigenvalue weighted by molar-refractivity contribution is -0.161. The van der Waals surface area contributed by atoms with Crippen LogP contribution in [-0.2, 0) is 19.1 Å². The maximum atomic E-state index is 12.2. The average Bonchev–Trinajstić information content (AvgIpc) is 3.24. The monoisotopic (exact) mass is 831 g/mol. The quantitative estimate of drug-likeness (QED) is 0.0376. The van der Waals surface area contributed by atoms with E-state index in [-0.39, 0.29) is 25.2 Å². The maximum absolute atomic E-state index is 12.2. The average molecular weight is 831 g/mol. The standard InChI is InChI=1S/C54H102O5/c1-3-5-7-9-11-13-15-17-19-20-21-22-23-24-25-26-27-28-29-30-31-32-33-35-36-38-40-42-44-46-48-53(56)58-51-52(50-55)59-54(57)49-47-45-43-41-39-37-34-18-16-14-12-10-8-6-4-2/h12,14,18,34,52,55H,3-11,13,15-17,19-33,35-51H2,1-2H3/b14-12-,34-18-. The zero-order valence-corrected chi connectivity index (χ0v) is 39.8. The molecule has 0 aromatic heterocycles. The Morgan fingerprint density at radius 2 is 0.678 bits per heavy atom. The summed E-state index contributed by atoms with van der Waals surface area (Å²) in [6, 6.07) is 0. The number of ether oxygens (including phenoxy) is 2. The third-order valence-electron chi connectivity index (χ3n) is 12.0. The molecule has 0 aromatic rings. The highest BCUT2D eigenvalue weighted by atomic mass is 16.6. The molecule has 1 unspecified atom stereocenters. The van der Waals surface area contributed by atoms with Crippen LogP contribution in [0.4, 0.5) is 0 Å². The van der Waals surface area contributed by atoms with E-state index in [4.69, 9.17) is 9.47 Å². The summed E-state index contributed by atoms with van der Waals surface area (Å²) < 4.78 is 10.7. The van der Waals surface area contributed by atoms with E-state index >= 15 is 0 Å². The summed E-state index contributed by atoms with van der Waals surface area (Å²) in [5.74, 6) is -0.592. The van der Waals surface area contributed by atoms with Gasteiger partial charge in [0.05, 0.1) is 6.61 Å². The van der Waals surface area contributed by atoms with Crippen LogP contribution in [0.25, 0.3) is 0 Å². The number of carbonyl (C=O) groups is 2. The summed E-state index contributed by atoms with van der Waals surface area (Å²) in [4.78, 5) is 24.4. The number of carbonyl (C=O) groups excluding carboxylic acids is 2. The third-order valence-corrected chi connectivity index (χ3v) is 12.0. The fourth-order valence-corrected chi connectivity index (χ4v) is 8.00. The van der Waals surface area contributed by atoms with Crippen LogP contribution in [-0.4, -0.2) is 36.4 Å². The van der Waals surface area contributed by atoms with Crippen LogP contribution in [0.15, 0.2) is 24.3 Å². The number of hydrogen-bond acceptors (Lipinski definition) is 5. The van der Waals surface area contributed by atoms with Crippen LogP contribution in [0.3, 0.4) is 0 Å². The molecule has 59 heavy (non-hydrogen) atoms. The van der Waals surface area contributed by atoms with Gasteiger partial charge in [-0.2, -0.15) is 0 Å². The minimum absolute atomic E-state index is 0.0666. The Morgan fingerprint density at radius 3 is 1.03 bits per heavy atom. The van der Waals surface area contributed by atoms with Crippen molar-refractivity contribution in [3.8, 4) is 0 Å². The van der Waals surface area contributed by atoms with E-state index in [0.29, 0.717) is 12.8 Å². The molecule has 0 saturated heterocycles. The minimum Gasteiger partial charge on any atom is -0.462 e. The largest absolute Gasteiger partial charge is 0.462 e. The molecular formula is C54H102O5. The molecule has 5 heteroatoms. The van der Waals surface area contributed by atoms with Crippen LogP contribution in [0.1, 0.15) is 290 Å². The van der Waals surface area contributed by atoms with Crippen LogP contribution in [0.5, 0.6) is 0 Å². The van der Waals surface area contributed by atoms with E-state index in [1.807, 2.05) is 0 Å². The van der Waals surface area contributed by atoms with E-state index in [0.717, 1.165) is 51.4 Å². The lowest BCUT2D eigenvalue weighted by Crippen LogP contribution is -2.28. The van der Waals surface area contributed by atoms with Crippen molar-refractivity contribution in [1.82, 2.24) is 0 Å². The van der Waals surface area contributed by atoms with E-state index in [2.05, 4.69) is 38.2 Å². The number of esters is 2. The predicted octanol–water partition coefficient (Wildman–Crippen LogP) is 17.4. The highest BCUT2D eigenvalue weighted by molar-refractivity contribution is 5.70. The fraction of sp³-hybridized carbons (Fsp3) is 0.889. The summed E-state index contributed by atoms with van der Waals surface area (Å²) >= 11 is 0. The molecule has 348 valence electrons. The zero-order chi connectivity index (χ0) is 42.8. The summed E-state index contributed by atoms with van der Waals surface area (Å²) in [5.41, 5.74) is 0. The molecule has 1 atom stereocenters. The summed E-state index contributed by atoms with van der Waals surface area (Å²) in [5, 5.41) is 9.61. The van der Waals surface area contributed by atoms with Gasteiger partial charge in [-0.15, -0.1) is 0 Å². The van der Waals surface area contributed by atoms with Crippen LogP contribution in [0, 0.1) is 0 Å². The molecule has 0 aromatic carbocycles. The summed E-state index contributed by atoms with van der Waals surface area (Å²) in [6.07, 6.45) is 63.0. The number of hydrogen-bond donors (Lipinski definition) is 1. The number of unbranched alkanes of at least 4 members (excludes halogenated alkanes) is 37. The first kappa shape index (κ1) is 57.4. The molecular weight excluding hydrogens is 729 g/mol. The van der Waals surface area contributed by atoms with Gasteiger partial charge in [-0.05, 0) is 44.9 Å². The molecule has 1 N–H and O–H groups in total. The molecule has 0 rings (SSSR count). The van der Waals surface area contributed by atoms with Crippen LogP contribution < -0.4 is 0 Å². The molecule has 0 aliphatic carbocycles. The van der Waals surface area contributed by atoms with Gasteiger partial charge in [0, 0.05) is 12.8 Å². The smallest absolute Gasteiger partial charge is 0.306 e. The van der Waals surface area contributed by atoms with Gasteiger partial charge in [-0.25, -0.2) is 0 Å². The van der Waals surface area contributed by atoms with Gasteiger partial charge in [0.2, 0.25) is 0 Å². The summed E-state index contributed by atoms with van der Waals surface area (Å²) in [6.45, 7) is 4.14. The first-order chi connectivity index (χ1) is 29.1. The second kappa shape index (κ2) is 50.7. The van der Waals surface area contributed by atoms with Gasteiger partial charge < -0.3 is 14.6 Å². The van der Waals surface area contributed by atoms with Gasteiger partial charge in [-0.3, -0.25) is 9.59 Å². The highest BCUT2D eigenvalue weighted by Gasteiger charge is 2.16. The second-order valence-corrected chi connectivity index (χ2v) is 18.0. The Labute approximate surface area is 368 Å². The SMILES string of the molecule is CCCCC/C=C\C/C=C\CCCCCCCC(=O)OC(CO)COC(=O)CCCCCCCCCCCCCCCCCCCCCCCCCCCCCCCC. The van der Waals surface area contributed by atoms with Gasteiger partial charge in [0.15, 0.2) is 6.10 Å². The van der Waals surface area contributed by atoms with Crippen molar-refractivity contribution in [3.05, 3.63) is 24.3 Å². The fourth-order valence-electron chi connectivity index (χ4n) is 8.00. The Kier molecular flexibility index (Phi) is 49.3. The van der Waals surface area contributed by atoms with Gasteiger partial charge >= 0.3 is 11.9 Å². The molecule has 0 aliphatic rings. The molecule has 0 radical (unpaired) electrons. The van der Waals surface area contributed by atoms with E-state index in [1.165, 1.54) is 212 Å². The van der Waals surface area contributed by atoms with Gasteiger partial charge in [0.1, 0.15) is 6.61 Å². The van der Waals surface area contributed by atoms with Crippen molar-refractivity contribution >= 4 is 11.9 Å². The summed E-state index contributed by atoms with van der Waals surface area (Å²) in [7, 11) is 0. The molecule has 0 fully saturated rings. The van der Waals surface area contributed by atoms with Crippen molar-refractivity contribution in [2.45, 2.75) is 296 Å². The predicted molar refractivity (Wildman–Crippen MR) is 256 cm³/mol. The number of aliphatic hydroxyl groups is 1. The van der Waals surface area contributed by atoms with E-state index in [9.17, 15) is 14.7 Å². The van der Waals surface area contributed by atoms with Crippen LogP contribution >= 0.6 is 0 Å². The number of allylic oxidation sites excluding steroid dienone is 4. The molecule has 0 amide bonds. The maximum Gasteiger partial charge on any atom is 0.306 e. The van der Waals surface area contributed by atoms with Gasteiger partial charge in [-0.1, -0.05) is 256 Å². The molecule has 5 nitrogen and oxygen atoms in total. The Morgan fingerprint density at radius 1 is 0.390 bits per heavy atom. The molecule has 0 saturated carbocycles. The number of aliphatic hydroxyl groups excluding tert-OH is 1. The Bertz CT molecular complexity index is 897. The topological polar surface area (TPSA) is 72.8 Å². The molecule has 0 bridgehead atoms. The Balaban J connectivity index is 3.40.